The van der Waals surface area contributed by atoms with Crippen LogP contribution < -0.4 is 0 Å². The summed E-state index contributed by atoms with van der Waals surface area (Å²) in [6.45, 7) is 2.21. The summed E-state index contributed by atoms with van der Waals surface area (Å²) in [7, 11) is 0. The number of unbranched alkanes of at least 4 members (excludes halogenated alkanes) is 5. The number of aliphatic carboxylic acids is 1. The highest BCUT2D eigenvalue weighted by molar-refractivity contribution is 5.98. The normalized spacial score (nSPS) is 20.3. The quantitative estimate of drug-likeness (QED) is 0.322. The summed E-state index contributed by atoms with van der Waals surface area (Å²) in [5.41, 5.74) is 0.907. The van der Waals surface area contributed by atoms with Crippen LogP contribution in [0, 0.1) is 5.92 Å². The van der Waals surface area contributed by atoms with Gasteiger partial charge in [0.25, 0.3) is 0 Å². The maximum atomic E-state index is 12.0. The van der Waals surface area contributed by atoms with Gasteiger partial charge in [-0.1, -0.05) is 56.6 Å². The zero-order valence-electron chi connectivity index (χ0n) is 14.3. The molecule has 128 valence electrons. The van der Waals surface area contributed by atoms with Crippen molar-refractivity contribution in [1.82, 2.24) is 0 Å². The number of hydrogen-bond acceptors (Lipinski definition) is 2. The lowest BCUT2D eigenvalue weighted by atomic mass is 10.0. The molecule has 0 aliphatic heterocycles. The number of allylic oxidation sites excluding steroid dienone is 6. The number of ketones is 1. The number of carbonyl (C=O) groups is 2. The SMILES string of the molecule is CCCCCCC=CC1CCC(=O)C1=CC=CCCCC(=O)O. The van der Waals surface area contributed by atoms with Crippen molar-refractivity contribution >= 4 is 11.8 Å². The van der Waals surface area contributed by atoms with E-state index in [4.69, 9.17) is 5.11 Å². The molecule has 0 aromatic heterocycles. The molecular formula is C20H30O3. The molecule has 0 heterocycles. The Morgan fingerprint density at radius 2 is 1.96 bits per heavy atom. The Bertz CT molecular complexity index is 458. The van der Waals surface area contributed by atoms with Crippen molar-refractivity contribution in [2.45, 2.75) is 71.1 Å². The first kappa shape index (κ1) is 19.4. The van der Waals surface area contributed by atoms with Crippen molar-refractivity contribution in [3.05, 3.63) is 36.0 Å². The van der Waals surface area contributed by atoms with Gasteiger partial charge in [-0.2, -0.15) is 0 Å². The van der Waals surface area contributed by atoms with E-state index < -0.39 is 5.97 Å². The summed E-state index contributed by atoms with van der Waals surface area (Å²) < 4.78 is 0. The van der Waals surface area contributed by atoms with E-state index in [0.29, 0.717) is 12.8 Å². The second-order valence-corrected chi connectivity index (χ2v) is 6.18. The van der Waals surface area contributed by atoms with Crippen molar-refractivity contribution in [2.75, 3.05) is 0 Å². The molecule has 1 atom stereocenters. The molecule has 0 bridgehead atoms. The van der Waals surface area contributed by atoms with E-state index in [-0.39, 0.29) is 18.1 Å². The van der Waals surface area contributed by atoms with Crippen LogP contribution in [0.25, 0.3) is 0 Å². The fraction of sp³-hybridized carbons (Fsp3) is 0.600. The topological polar surface area (TPSA) is 54.4 Å². The molecule has 0 spiro atoms. The molecule has 3 nitrogen and oxygen atoms in total. The van der Waals surface area contributed by atoms with Crippen molar-refractivity contribution in [2.24, 2.45) is 5.92 Å². The smallest absolute Gasteiger partial charge is 0.303 e. The lowest BCUT2D eigenvalue weighted by molar-refractivity contribution is -0.137. The maximum Gasteiger partial charge on any atom is 0.303 e. The number of carboxylic acid groups (broad SMARTS) is 1. The van der Waals surface area contributed by atoms with Crippen LogP contribution in [-0.4, -0.2) is 16.9 Å². The zero-order valence-corrected chi connectivity index (χ0v) is 14.3. The first-order valence-corrected chi connectivity index (χ1v) is 8.93. The van der Waals surface area contributed by atoms with Gasteiger partial charge in [-0.15, -0.1) is 0 Å². The van der Waals surface area contributed by atoms with Gasteiger partial charge in [0.05, 0.1) is 0 Å². The highest BCUT2D eigenvalue weighted by Crippen LogP contribution is 2.29. The van der Waals surface area contributed by atoms with E-state index in [0.717, 1.165) is 24.8 Å². The van der Waals surface area contributed by atoms with Crippen molar-refractivity contribution in [3.63, 3.8) is 0 Å². The van der Waals surface area contributed by atoms with E-state index in [2.05, 4.69) is 19.1 Å². The summed E-state index contributed by atoms with van der Waals surface area (Å²) in [5.74, 6) is -0.245. The fourth-order valence-electron chi connectivity index (χ4n) is 2.80. The van der Waals surface area contributed by atoms with E-state index in [1.807, 2.05) is 18.2 Å². The Kier molecular flexibility index (Phi) is 10.0. The molecular weight excluding hydrogens is 288 g/mol. The molecule has 1 aliphatic rings. The van der Waals surface area contributed by atoms with E-state index in [9.17, 15) is 9.59 Å². The van der Waals surface area contributed by atoms with Crippen molar-refractivity contribution in [3.8, 4) is 0 Å². The molecule has 23 heavy (non-hydrogen) atoms. The molecule has 1 unspecified atom stereocenters. The molecule has 3 heteroatoms. The van der Waals surface area contributed by atoms with E-state index >= 15 is 0 Å². The van der Waals surface area contributed by atoms with Gasteiger partial charge in [-0.3, -0.25) is 9.59 Å². The van der Waals surface area contributed by atoms with Crippen LogP contribution in [0.4, 0.5) is 0 Å². The average Bonchev–Trinajstić information content (AvgIpc) is 2.86. The van der Waals surface area contributed by atoms with Crippen molar-refractivity contribution in [1.29, 1.82) is 0 Å². The summed E-state index contributed by atoms with van der Waals surface area (Å²) in [5, 5.41) is 8.57. The number of carboxylic acids is 1. The fourth-order valence-corrected chi connectivity index (χ4v) is 2.80. The number of Topliss-reactive ketones (excluding diaryl/α,β-unsaturated/α-hetero) is 1. The zero-order chi connectivity index (χ0) is 16.9. The third-order valence-electron chi connectivity index (χ3n) is 4.17. The Morgan fingerprint density at radius 1 is 1.17 bits per heavy atom. The predicted molar refractivity (Wildman–Crippen MR) is 94.3 cm³/mol. The molecule has 0 aromatic carbocycles. The first-order valence-electron chi connectivity index (χ1n) is 8.93. The van der Waals surface area contributed by atoms with Crippen LogP contribution in [0.3, 0.4) is 0 Å². The molecule has 0 radical (unpaired) electrons. The molecule has 1 N–H and O–H groups in total. The minimum atomic E-state index is -0.758. The number of carbonyl (C=O) groups excluding carboxylic acids is 1. The van der Waals surface area contributed by atoms with Gasteiger partial charge in [-0.05, 0) is 32.1 Å². The number of rotatable bonds is 11. The van der Waals surface area contributed by atoms with Crippen LogP contribution in [0.1, 0.15) is 71.1 Å². The molecule has 1 fully saturated rings. The summed E-state index contributed by atoms with van der Waals surface area (Å²) in [6, 6.07) is 0. The second-order valence-electron chi connectivity index (χ2n) is 6.18. The summed E-state index contributed by atoms with van der Waals surface area (Å²) in [4.78, 5) is 22.4. The summed E-state index contributed by atoms with van der Waals surface area (Å²) >= 11 is 0. The van der Waals surface area contributed by atoms with Crippen LogP contribution in [0.5, 0.6) is 0 Å². The average molecular weight is 318 g/mol. The molecule has 0 aromatic rings. The standard InChI is InChI=1S/C20H30O3/c1-2-3-4-5-6-9-12-17-15-16-19(21)18(17)13-10-7-8-11-14-20(22)23/h7,9-10,12-13,17H,2-6,8,11,14-16H2,1H3,(H,22,23). The molecule has 0 amide bonds. The van der Waals surface area contributed by atoms with Crippen LogP contribution in [0.15, 0.2) is 36.0 Å². The highest BCUT2D eigenvalue weighted by atomic mass is 16.4. The lowest BCUT2D eigenvalue weighted by Crippen LogP contribution is -1.98. The monoisotopic (exact) mass is 318 g/mol. The first-order chi connectivity index (χ1) is 11.1. The highest BCUT2D eigenvalue weighted by Gasteiger charge is 2.25. The van der Waals surface area contributed by atoms with Gasteiger partial charge in [-0.25, -0.2) is 0 Å². The summed E-state index contributed by atoms with van der Waals surface area (Å²) in [6.07, 6.45) is 19.5. The van der Waals surface area contributed by atoms with Crippen LogP contribution in [-0.2, 0) is 9.59 Å². The minimum absolute atomic E-state index is 0.198. The molecule has 1 saturated carbocycles. The maximum absolute atomic E-state index is 12.0. The van der Waals surface area contributed by atoms with E-state index in [1.54, 1.807) is 0 Å². The van der Waals surface area contributed by atoms with Gasteiger partial charge < -0.3 is 5.11 Å². The second kappa shape index (κ2) is 11.9. The van der Waals surface area contributed by atoms with Crippen LogP contribution >= 0.6 is 0 Å². The van der Waals surface area contributed by atoms with Crippen LogP contribution in [0.2, 0.25) is 0 Å². The molecule has 1 aliphatic carbocycles. The lowest BCUT2D eigenvalue weighted by Gasteiger charge is -2.04. The minimum Gasteiger partial charge on any atom is -0.481 e. The Balaban J connectivity index is 2.39. The van der Waals surface area contributed by atoms with Gasteiger partial charge in [0.15, 0.2) is 5.78 Å². The van der Waals surface area contributed by atoms with Gasteiger partial charge in [0, 0.05) is 24.3 Å². The molecule has 0 saturated heterocycles. The van der Waals surface area contributed by atoms with Gasteiger partial charge in [0.2, 0.25) is 0 Å². The Hall–Kier alpha value is -1.64. The predicted octanol–water partition coefficient (Wildman–Crippen LogP) is 5.23. The van der Waals surface area contributed by atoms with Gasteiger partial charge in [0.1, 0.15) is 0 Å². The number of hydrogen-bond donors (Lipinski definition) is 1. The third-order valence-corrected chi connectivity index (χ3v) is 4.17. The third kappa shape index (κ3) is 8.53. The van der Waals surface area contributed by atoms with E-state index in [1.165, 1.54) is 25.7 Å². The largest absolute Gasteiger partial charge is 0.481 e. The Labute approximate surface area is 140 Å². The Morgan fingerprint density at radius 3 is 2.70 bits per heavy atom. The molecule has 1 rings (SSSR count). The van der Waals surface area contributed by atoms with Crippen molar-refractivity contribution < 1.29 is 14.7 Å². The van der Waals surface area contributed by atoms with Gasteiger partial charge >= 0.3 is 5.97 Å².